The van der Waals surface area contributed by atoms with Gasteiger partial charge in [0.25, 0.3) is 0 Å². The van der Waals surface area contributed by atoms with E-state index in [1.54, 1.807) is 24.3 Å². The van der Waals surface area contributed by atoms with Crippen LogP contribution in [-0.2, 0) is 16.0 Å². The van der Waals surface area contributed by atoms with Crippen LogP contribution in [0, 0.1) is 0 Å². The third-order valence-electron chi connectivity index (χ3n) is 3.26. The van der Waals surface area contributed by atoms with E-state index in [0.717, 1.165) is 5.56 Å². The molecule has 1 rings (SSSR count). The topological polar surface area (TPSA) is 53.5 Å². The fraction of sp³-hybridized carbons (Fsp3) is 0.533. The van der Waals surface area contributed by atoms with Crippen molar-refractivity contribution in [1.82, 2.24) is 14.8 Å². The second kappa shape index (κ2) is 8.30. The van der Waals surface area contributed by atoms with Crippen molar-refractivity contribution in [3.63, 3.8) is 0 Å². The Kier molecular flexibility index (Phi) is 6.70. The van der Waals surface area contributed by atoms with Gasteiger partial charge in [-0.2, -0.15) is 0 Å². The van der Waals surface area contributed by atoms with Crippen molar-refractivity contribution in [2.75, 3.05) is 26.7 Å². The summed E-state index contributed by atoms with van der Waals surface area (Å²) >= 11 is 0. The summed E-state index contributed by atoms with van der Waals surface area (Å²) < 4.78 is 0. The zero-order valence-electron chi connectivity index (χ0n) is 12.5. The summed E-state index contributed by atoms with van der Waals surface area (Å²) in [5, 5.41) is 0. The van der Waals surface area contributed by atoms with Gasteiger partial charge in [0.2, 0.25) is 11.8 Å². The lowest BCUT2D eigenvalue weighted by Crippen LogP contribution is -2.41. The highest BCUT2D eigenvalue weighted by Crippen LogP contribution is 2.03. The molecule has 0 saturated carbocycles. The predicted molar refractivity (Wildman–Crippen MR) is 78.1 cm³/mol. The summed E-state index contributed by atoms with van der Waals surface area (Å²) in [7, 11) is 1.67. The van der Waals surface area contributed by atoms with Crippen molar-refractivity contribution in [3.8, 4) is 0 Å². The number of pyridine rings is 1. The van der Waals surface area contributed by atoms with E-state index in [0.29, 0.717) is 25.9 Å². The smallest absolute Gasteiger partial charge is 0.242 e. The van der Waals surface area contributed by atoms with Gasteiger partial charge >= 0.3 is 0 Å². The molecule has 0 aliphatic rings. The van der Waals surface area contributed by atoms with Crippen LogP contribution in [0.4, 0.5) is 0 Å². The average molecular weight is 277 g/mol. The second-order valence-corrected chi connectivity index (χ2v) is 4.68. The molecule has 0 bridgehead atoms. The first-order valence-electron chi connectivity index (χ1n) is 6.99. The lowest BCUT2D eigenvalue weighted by Gasteiger charge is -2.23. The average Bonchev–Trinajstić information content (AvgIpc) is 2.47. The Labute approximate surface area is 120 Å². The quantitative estimate of drug-likeness (QED) is 0.756. The summed E-state index contributed by atoms with van der Waals surface area (Å²) in [6, 6.07) is 3.80. The van der Waals surface area contributed by atoms with E-state index in [1.807, 2.05) is 26.0 Å². The summed E-state index contributed by atoms with van der Waals surface area (Å²) in [6.45, 7) is 5.37. The molecular formula is C15H23N3O2. The van der Waals surface area contributed by atoms with E-state index in [1.165, 1.54) is 4.90 Å². The summed E-state index contributed by atoms with van der Waals surface area (Å²) in [4.78, 5) is 31.1. The van der Waals surface area contributed by atoms with E-state index in [4.69, 9.17) is 0 Å². The molecule has 5 heteroatoms. The molecule has 0 atom stereocenters. The zero-order chi connectivity index (χ0) is 15.0. The van der Waals surface area contributed by atoms with Crippen molar-refractivity contribution in [2.45, 2.75) is 26.7 Å². The molecule has 0 N–H and O–H groups in total. The van der Waals surface area contributed by atoms with Gasteiger partial charge in [-0.05, 0) is 31.9 Å². The maximum Gasteiger partial charge on any atom is 0.242 e. The van der Waals surface area contributed by atoms with Crippen LogP contribution in [0.2, 0.25) is 0 Å². The number of aryl methyl sites for hydroxylation is 1. The van der Waals surface area contributed by atoms with Crippen LogP contribution in [0.15, 0.2) is 24.5 Å². The van der Waals surface area contributed by atoms with Gasteiger partial charge in [0.05, 0.1) is 6.54 Å². The highest BCUT2D eigenvalue weighted by molar-refractivity contribution is 5.84. The Morgan fingerprint density at radius 1 is 1.20 bits per heavy atom. The summed E-state index contributed by atoms with van der Waals surface area (Å²) in [5.74, 6) is -0.0263. The van der Waals surface area contributed by atoms with Crippen LogP contribution >= 0.6 is 0 Å². The molecule has 1 heterocycles. The fourth-order valence-electron chi connectivity index (χ4n) is 1.96. The van der Waals surface area contributed by atoms with Gasteiger partial charge in [0, 0.05) is 39.0 Å². The number of likely N-dealkylation sites (N-methyl/N-ethyl adjacent to an activating group) is 2. The van der Waals surface area contributed by atoms with Crippen LogP contribution < -0.4 is 0 Å². The molecule has 0 aliphatic carbocycles. The number of nitrogens with zero attached hydrogens (tertiary/aromatic N) is 3. The Morgan fingerprint density at radius 2 is 1.90 bits per heavy atom. The molecule has 0 aromatic carbocycles. The number of hydrogen-bond acceptors (Lipinski definition) is 3. The Balaban J connectivity index is 2.41. The Bertz CT molecular complexity index is 430. The monoisotopic (exact) mass is 277 g/mol. The third kappa shape index (κ3) is 4.99. The van der Waals surface area contributed by atoms with Gasteiger partial charge in [0.15, 0.2) is 0 Å². The minimum absolute atomic E-state index is 0.00720. The van der Waals surface area contributed by atoms with Crippen LogP contribution in [0.3, 0.4) is 0 Å². The van der Waals surface area contributed by atoms with E-state index >= 15 is 0 Å². The van der Waals surface area contributed by atoms with Crippen molar-refractivity contribution in [3.05, 3.63) is 30.1 Å². The minimum atomic E-state index is -0.0191. The van der Waals surface area contributed by atoms with Crippen LogP contribution in [0.25, 0.3) is 0 Å². The Morgan fingerprint density at radius 3 is 2.45 bits per heavy atom. The fourth-order valence-corrected chi connectivity index (χ4v) is 1.96. The first kappa shape index (κ1) is 16.1. The highest BCUT2D eigenvalue weighted by atomic mass is 16.2. The number of carbonyl (C=O) groups is 2. The van der Waals surface area contributed by atoms with Crippen molar-refractivity contribution < 1.29 is 9.59 Å². The molecule has 0 saturated heterocycles. The molecule has 0 fully saturated rings. The summed E-state index contributed by atoms with van der Waals surface area (Å²) in [5.41, 5.74) is 1.03. The number of hydrogen-bond donors (Lipinski definition) is 0. The molecule has 5 nitrogen and oxygen atoms in total. The van der Waals surface area contributed by atoms with Crippen molar-refractivity contribution in [2.24, 2.45) is 0 Å². The van der Waals surface area contributed by atoms with Crippen molar-refractivity contribution >= 4 is 11.8 Å². The van der Waals surface area contributed by atoms with E-state index < -0.39 is 0 Å². The highest BCUT2D eigenvalue weighted by Gasteiger charge is 2.16. The maximum atomic E-state index is 12.0. The van der Waals surface area contributed by atoms with Crippen molar-refractivity contribution in [1.29, 1.82) is 0 Å². The van der Waals surface area contributed by atoms with E-state index in [9.17, 15) is 9.59 Å². The molecule has 1 aromatic rings. The van der Waals surface area contributed by atoms with Gasteiger partial charge in [-0.25, -0.2) is 0 Å². The first-order valence-corrected chi connectivity index (χ1v) is 6.99. The van der Waals surface area contributed by atoms with Gasteiger partial charge in [-0.15, -0.1) is 0 Å². The van der Waals surface area contributed by atoms with E-state index in [2.05, 4.69) is 4.98 Å². The zero-order valence-corrected chi connectivity index (χ0v) is 12.5. The molecule has 0 radical (unpaired) electrons. The lowest BCUT2D eigenvalue weighted by molar-refractivity contribution is -0.139. The van der Waals surface area contributed by atoms with Gasteiger partial charge in [-0.1, -0.05) is 6.07 Å². The molecule has 1 aromatic heterocycles. The molecule has 0 aliphatic heterocycles. The van der Waals surface area contributed by atoms with Crippen LogP contribution in [0.5, 0.6) is 0 Å². The standard InChI is InChI=1S/C15H23N3O2/c1-4-18(5-2)15(20)12-17(3)14(19)9-8-13-7-6-10-16-11-13/h6-7,10-11H,4-5,8-9,12H2,1-3H3. The number of aromatic nitrogens is 1. The lowest BCUT2D eigenvalue weighted by atomic mass is 10.1. The SMILES string of the molecule is CCN(CC)C(=O)CN(C)C(=O)CCc1cccnc1. The first-order chi connectivity index (χ1) is 9.58. The molecular weight excluding hydrogens is 254 g/mol. The predicted octanol–water partition coefficient (Wildman–Crippen LogP) is 1.34. The summed E-state index contributed by atoms with van der Waals surface area (Å²) in [6.07, 6.45) is 4.51. The van der Waals surface area contributed by atoms with Gasteiger partial charge in [-0.3, -0.25) is 14.6 Å². The van der Waals surface area contributed by atoms with Gasteiger partial charge < -0.3 is 9.80 Å². The van der Waals surface area contributed by atoms with E-state index in [-0.39, 0.29) is 18.4 Å². The molecule has 20 heavy (non-hydrogen) atoms. The largest absolute Gasteiger partial charge is 0.342 e. The minimum Gasteiger partial charge on any atom is -0.342 e. The molecule has 0 unspecified atom stereocenters. The molecule has 0 spiro atoms. The van der Waals surface area contributed by atoms with Crippen LogP contribution in [0.1, 0.15) is 25.8 Å². The second-order valence-electron chi connectivity index (χ2n) is 4.68. The normalized spacial score (nSPS) is 10.2. The number of amides is 2. The third-order valence-corrected chi connectivity index (χ3v) is 3.26. The number of carbonyl (C=O) groups excluding carboxylic acids is 2. The molecule has 2 amide bonds. The van der Waals surface area contributed by atoms with Crippen LogP contribution in [-0.4, -0.2) is 53.3 Å². The molecule has 110 valence electrons. The number of rotatable bonds is 7. The Hall–Kier alpha value is -1.91. The maximum absolute atomic E-state index is 12.0. The van der Waals surface area contributed by atoms with Gasteiger partial charge in [0.1, 0.15) is 0 Å².